The number of hydrogen-bond donors (Lipinski definition) is 1. The predicted molar refractivity (Wildman–Crippen MR) is 124 cm³/mol. The van der Waals surface area contributed by atoms with Crippen LogP contribution in [0, 0.1) is 13.8 Å². The topological polar surface area (TPSA) is 87.5 Å². The van der Waals surface area contributed by atoms with Crippen molar-refractivity contribution in [2.24, 2.45) is 7.05 Å². The maximum absolute atomic E-state index is 12.5. The summed E-state index contributed by atoms with van der Waals surface area (Å²) in [7, 11) is 3.52. The number of hydrogen-bond acceptors (Lipinski definition) is 7. The standard InChI is InChI=1S/C23H26N4O4S/c1-14-11-19(29-4)15(2)10-17(14)24-21(28)13-32-23-26-25-22(27(23)3)16-6-7-18-20(12-16)31-9-5-8-30-18/h6-7,10-12H,5,8-9,13H2,1-4H3,(H,24,28). The summed E-state index contributed by atoms with van der Waals surface area (Å²) in [6.07, 6.45) is 0.854. The molecule has 0 fully saturated rings. The van der Waals surface area contributed by atoms with Crippen LogP contribution < -0.4 is 19.5 Å². The van der Waals surface area contributed by atoms with Crippen LogP contribution in [-0.4, -0.2) is 46.7 Å². The average Bonchev–Trinajstić information content (AvgIpc) is 2.99. The summed E-state index contributed by atoms with van der Waals surface area (Å²) in [4.78, 5) is 12.5. The Morgan fingerprint density at radius 2 is 1.91 bits per heavy atom. The van der Waals surface area contributed by atoms with Gasteiger partial charge in [0.05, 0.1) is 26.1 Å². The minimum Gasteiger partial charge on any atom is -0.496 e. The van der Waals surface area contributed by atoms with Crippen LogP contribution in [0.2, 0.25) is 0 Å². The molecule has 168 valence electrons. The fourth-order valence-electron chi connectivity index (χ4n) is 3.46. The fourth-order valence-corrected chi connectivity index (χ4v) is 4.17. The number of rotatable bonds is 6. The molecule has 0 saturated heterocycles. The van der Waals surface area contributed by atoms with Gasteiger partial charge < -0.3 is 24.1 Å². The quantitative estimate of drug-likeness (QED) is 0.563. The van der Waals surface area contributed by atoms with Gasteiger partial charge in [0.1, 0.15) is 5.75 Å². The molecule has 0 saturated carbocycles. The van der Waals surface area contributed by atoms with E-state index >= 15 is 0 Å². The molecule has 0 aliphatic carbocycles. The fraction of sp³-hybridized carbons (Fsp3) is 0.348. The number of anilines is 1. The van der Waals surface area contributed by atoms with Gasteiger partial charge in [-0.25, -0.2) is 0 Å². The van der Waals surface area contributed by atoms with Crippen molar-refractivity contribution in [1.29, 1.82) is 0 Å². The number of thioether (sulfide) groups is 1. The molecule has 1 N–H and O–H groups in total. The van der Waals surface area contributed by atoms with E-state index in [1.54, 1.807) is 7.11 Å². The molecule has 9 heteroatoms. The zero-order valence-electron chi connectivity index (χ0n) is 18.6. The van der Waals surface area contributed by atoms with Crippen LogP contribution in [0.3, 0.4) is 0 Å². The van der Waals surface area contributed by atoms with Crippen LogP contribution in [0.1, 0.15) is 17.5 Å². The Hall–Kier alpha value is -3.20. The van der Waals surface area contributed by atoms with E-state index in [4.69, 9.17) is 14.2 Å². The Morgan fingerprint density at radius 1 is 1.12 bits per heavy atom. The number of aromatic nitrogens is 3. The normalized spacial score (nSPS) is 12.9. The summed E-state index contributed by atoms with van der Waals surface area (Å²) in [5, 5.41) is 12.2. The van der Waals surface area contributed by atoms with Crippen molar-refractivity contribution in [3.8, 4) is 28.6 Å². The zero-order chi connectivity index (χ0) is 22.7. The number of nitrogens with one attached hydrogen (secondary N) is 1. The van der Waals surface area contributed by atoms with E-state index in [2.05, 4.69) is 15.5 Å². The van der Waals surface area contributed by atoms with Crippen molar-refractivity contribution in [2.45, 2.75) is 25.4 Å². The Bertz CT molecular complexity index is 1150. The van der Waals surface area contributed by atoms with Crippen LogP contribution in [0.15, 0.2) is 35.5 Å². The molecule has 8 nitrogen and oxygen atoms in total. The molecule has 4 rings (SSSR count). The van der Waals surface area contributed by atoms with Crippen molar-refractivity contribution < 1.29 is 19.0 Å². The summed E-state index contributed by atoms with van der Waals surface area (Å²) in [5.41, 5.74) is 3.57. The Morgan fingerprint density at radius 3 is 2.69 bits per heavy atom. The number of carbonyl (C=O) groups is 1. The minimum absolute atomic E-state index is 0.109. The van der Waals surface area contributed by atoms with Gasteiger partial charge in [0, 0.05) is 24.7 Å². The Kier molecular flexibility index (Phi) is 6.55. The molecule has 0 unspecified atom stereocenters. The second-order valence-electron chi connectivity index (χ2n) is 7.55. The number of nitrogens with zero attached hydrogens (tertiary/aromatic N) is 3. The third-order valence-electron chi connectivity index (χ3n) is 5.19. The van der Waals surface area contributed by atoms with Crippen LogP contribution in [0.25, 0.3) is 11.4 Å². The molecular formula is C23H26N4O4S. The highest BCUT2D eigenvalue weighted by molar-refractivity contribution is 7.99. The van der Waals surface area contributed by atoms with Gasteiger partial charge in [-0.2, -0.15) is 0 Å². The number of carbonyl (C=O) groups excluding carboxylic acids is 1. The third-order valence-corrected chi connectivity index (χ3v) is 6.21. The molecule has 2 heterocycles. The molecule has 32 heavy (non-hydrogen) atoms. The molecule has 0 radical (unpaired) electrons. The van der Waals surface area contributed by atoms with Crippen LogP contribution in [0.5, 0.6) is 17.2 Å². The number of fused-ring (bicyclic) bond motifs is 1. The SMILES string of the molecule is COc1cc(C)c(NC(=O)CSc2nnc(-c3ccc4c(c3)OCCCO4)n2C)cc1C. The van der Waals surface area contributed by atoms with Crippen LogP contribution >= 0.6 is 11.8 Å². The molecule has 1 aliphatic heterocycles. The minimum atomic E-state index is -0.109. The zero-order valence-corrected chi connectivity index (χ0v) is 19.4. The molecule has 2 aromatic carbocycles. The Labute approximate surface area is 191 Å². The number of methoxy groups -OCH3 is 1. The number of aryl methyl sites for hydroxylation is 2. The third kappa shape index (κ3) is 4.67. The first-order valence-corrected chi connectivity index (χ1v) is 11.3. The Balaban J connectivity index is 1.43. The molecular weight excluding hydrogens is 428 g/mol. The van der Waals surface area contributed by atoms with E-state index in [-0.39, 0.29) is 11.7 Å². The summed E-state index contributed by atoms with van der Waals surface area (Å²) < 4.78 is 18.7. The molecule has 0 bridgehead atoms. The first-order chi connectivity index (χ1) is 15.5. The summed E-state index contributed by atoms with van der Waals surface area (Å²) in [6.45, 7) is 5.16. The maximum Gasteiger partial charge on any atom is 0.234 e. The van der Waals surface area contributed by atoms with Crippen molar-refractivity contribution in [2.75, 3.05) is 31.4 Å². The van der Waals surface area contributed by atoms with Crippen molar-refractivity contribution >= 4 is 23.4 Å². The van der Waals surface area contributed by atoms with Gasteiger partial charge in [0.2, 0.25) is 5.91 Å². The van der Waals surface area contributed by atoms with Gasteiger partial charge in [0.15, 0.2) is 22.5 Å². The molecule has 3 aromatic rings. The molecule has 0 spiro atoms. The number of amides is 1. The average molecular weight is 455 g/mol. The van der Waals surface area contributed by atoms with Crippen LogP contribution in [0.4, 0.5) is 5.69 Å². The maximum atomic E-state index is 12.5. The van der Waals surface area contributed by atoms with Gasteiger partial charge >= 0.3 is 0 Å². The van der Waals surface area contributed by atoms with E-state index in [9.17, 15) is 4.79 Å². The van der Waals surface area contributed by atoms with E-state index in [1.807, 2.05) is 55.8 Å². The second kappa shape index (κ2) is 9.52. The van der Waals surface area contributed by atoms with Gasteiger partial charge in [-0.15, -0.1) is 10.2 Å². The van der Waals surface area contributed by atoms with Gasteiger partial charge in [-0.05, 0) is 55.3 Å². The van der Waals surface area contributed by atoms with Gasteiger partial charge in [-0.1, -0.05) is 11.8 Å². The lowest BCUT2D eigenvalue weighted by Gasteiger charge is -2.12. The van der Waals surface area contributed by atoms with Gasteiger partial charge in [0.25, 0.3) is 0 Å². The highest BCUT2D eigenvalue weighted by Crippen LogP contribution is 2.34. The van der Waals surface area contributed by atoms with E-state index in [0.717, 1.165) is 40.3 Å². The molecule has 1 aliphatic rings. The highest BCUT2D eigenvalue weighted by atomic mass is 32.2. The van der Waals surface area contributed by atoms with E-state index < -0.39 is 0 Å². The van der Waals surface area contributed by atoms with E-state index in [0.29, 0.717) is 29.9 Å². The van der Waals surface area contributed by atoms with Gasteiger partial charge in [-0.3, -0.25) is 4.79 Å². The highest BCUT2D eigenvalue weighted by Gasteiger charge is 2.17. The van der Waals surface area contributed by atoms with Crippen molar-refractivity contribution in [3.63, 3.8) is 0 Å². The first-order valence-electron chi connectivity index (χ1n) is 10.3. The molecule has 1 amide bonds. The van der Waals surface area contributed by atoms with Crippen molar-refractivity contribution in [3.05, 3.63) is 41.5 Å². The number of benzene rings is 2. The largest absolute Gasteiger partial charge is 0.496 e. The molecule has 0 atom stereocenters. The van der Waals surface area contributed by atoms with E-state index in [1.165, 1.54) is 11.8 Å². The lowest BCUT2D eigenvalue weighted by Crippen LogP contribution is -2.15. The smallest absolute Gasteiger partial charge is 0.234 e. The second-order valence-corrected chi connectivity index (χ2v) is 8.49. The summed E-state index contributed by atoms with van der Waals surface area (Å²) in [6, 6.07) is 9.59. The summed E-state index contributed by atoms with van der Waals surface area (Å²) >= 11 is 1.34. The first kappa shape index (κ1) is 22.0. The lowest BCUT2D eigenvalue weighted by molar-refractivity contribution is -0.113. The monoisotopic (exact) mass is 454 g/mol. The number of ether oxygens (including phenoxy) is 3. The predicted octanol–water partition coefficient (Wildman–Crippen LogP) is 4.00. The van der Waals surface area contributed by atoms with Crippen molar-refractivity contribution in [1.82, 2.24) is 14.8 Å². The lowest BCUT2D eigenvalue weighted by atomic mass is 10.1. The molecule has 1 aromatic heterocycles. The van der Waals surface area contributed by atoms with Crippen LogP contribution in [-0.2, 0) is 11.8 Å². The summed E-state index contributed by atoms with van der Waals surface area (Å²) in [5.74, 6) is 3.06.